The van der Waals surface area contributed by atoms with Crippen molar-refractivity contribution in [3.05, 3.63) is 21.9 Å². The number of nitrogens with one attached hydrogen (secondary N) is 1. The average Bonchev–Trinajstić information content (AvgIpc) is 2.66. The molecule has 1 atom stereocenters. The predicted molar refractivity (Wildman–Crippen MR) is 48.7 cm³/mol. The second-order valence-corrected chi connectivity index (χ2v) is 3.32. The molecule has 1 heterocycles. The third-order valence-electron chi connectivity index (χ3n) is 2.18. The topological polar surface area (TPSA) is 118 Å². The highest BCUT2D eigenvalue weighted by atomic mass is 16.6. The molecule has 0 aliphatic carbocycles. The Labute approximate surface area is 80.1 Å². The summed E-state index contributed by atoms with van der Waals surface area (Å²) < 4.78 is 0. The van der Waals surface area contributed by atoms with Crippen molar-refractivity contribution in [1.82, 2.24) is 10.2 Å². The van der Waals surface area contributed by atoms with Crippen molar-refractivity contribution in [2.45, 2.75) is 12.3 Å². The van der Waals surface area contributed by atoms with Gasteiger partial charge < -0.3 is 21.0 Å². The molecule has 0 saturated carbocycles. The van der Waals surface area contributed by atoms with E-state index in [0.717, 1.165) is 0 Å². The largest absolute Gasteiger partial charge is 0.395 e. The molecule has 7 heteroatoms. The number of aromatic amines is 1. The van der Waals surface area contributed by atoms with E-state index in [1.54, 1.807) is 6.92 Å². The van der Waals surface area contributed by atoms with Crippen LogP contribution in [0.3, 0.4) is 0 Å². The first-order valence-corrected chi connectivity index (χ1v) is 4.04. The summed E-state index contributed by atoms with van der Waals surface area (Å²) in [5, 5.41) is 25.4. The lowest BCUT2D eigenvalue weighted by Gasteiger charge is -2.21. The van der Waals surface area contributed by atoms with Crippen molar-refractivity contribution in [2.75, 3.05) is 13.2 Å². The lowest BCUT2D eigenvalue weighted by molar-refractivity contribution is -0.389. The van der Waals surface area contributed by atoms with Crippen LogP contribution in [0.15, 0.2) is 6.07 Å². The van der Waals surface area contributed by atoms with E-state index in [1.165, 1.54) is 6.07 Å². The number of aliphatic hydroxyl groups is 1. The smallest absolute Gasteiger partial charge is 0.342 e. The van der Waals surface area contributed by atoms with Gasteiger partial charge in [-0.3, -0.25) is 0 Å². The lowest BCUT2D eigenvalue weighted by atomic mass is 9.88. The molecule has 0 fully saturated rings. The maximum absolute atomic E-state index is 10.4. The lowest BCUT2D eigenvalue weighted by Crippen LogP contribution is -2.35. The summed E-state index contributed by atoms with van der Waals surface area (Å²) in [4.78, 5) is 9.78. The summed E-state index contributed by atoms with van der Waals surface area (Å²) >= 11 is 0. The Morgan fingerprint density at radius 3 is 2.86 bits per heavy atom. The monoisotopic (exact) mass is 200 g/mol. The SMILES string of the molecule is CC(CN)(CO)c1cc([N+](=O)[O-])[nH]n1. The first kappa shape index (κ1) is 10.6. The van der Waals surface area contributed by atoms with Gasteiger partial charge in [-0.15, -0.1) is 5.10 Å². The molecule has 0 bridgehead atoms. The molecular formula is C7H12N4O3. The molecule has 1 unspecified atom stereocenters. The minimum absolute atomic E-state index is 0.172. The summed E-state index contributed by atoms with van der Waals surface area (Å²) in [6.07, 6.45) is 0. The maximum Gasteiger partial charge on any atom is 0.342 e. The molecule has 1 rings (SSSR count). The van der Waals surface area contributed by atoms with Gasteiger partial charge in [-0.2, -0.15) is 0 Å². The van der Waals surface area contributed by atoms with Gasteiger partial charge in [-0.05, 0) is 4.92 Å². The van der Waals surface area contributed by atoms with Crippen LogP contribution in [-0.4, -0.2) is 33.4 Å². The Morgan fingerprint density at radius 1 is 1.86 bits per heavy atom. The van der Waals surface area contributed by atoms with Crippen molar-refractivity contribution in [1.29, 1.82) is 0 Å². The summed E-state index contributed by atoms with van der Waals surface area (Å²) in [7, 11) is 0. The predicted octanol–water partition coefficient (Wildman–Crippen LogP) is -0.473. The molecule has 0 aliphatic heterocycles. The van der Waals surface area contributed by atoms with Gasteiger partial charge in [-0.1, -0.05) is 12.0 Å². The van der Waals surface area contributed by atoms with Crippen LogP contribution < -0.4 is 5.73 Å². The zero-order chi connectivity index (χ0) is 10.8. The van der Waals surface area contributed by atoms with Gasteiger partial charge in [0.15, 0.2) is 0 Å². The molecule has 0 aromatic carbocycles. The van der Waals surface area contributed by atoms with Crippen molar-refractivity contribution < 1.29 is 10.0 Å². The van der Waals surface area contributed by atoms with Gasteiger partial charge in [0.25, 0.3) is 0 Å². The third kappa shape index (κ3) is 1.73. The number of nitrogens with zero attached hydrogens (tertiary/aromatic N) is 2. The van der Waals surface area contributed by atoms with E-state index < -0.39 is 10.3 Å². The number of rotatable bonds is 4. The van der Waals surface area contributed by atoms with E-state index in [0.29, 0.717) is 5.69 Å². The minimum atomic E-state index is -0.731. The number of hydrogen-bond acceptors (Lipinski definition) is 5. The average molecular weight is 200 g/mol. The van der Waals surface area contributed by atoms with Crippen LogP contribution in [0.25, 0.3) is 0 Å². The molecule has 1 aromatic heterocycles. The van der Waals surface area contributed by atoms with E-state index in [1.807, 2.05) is 0 Å². The Kier molecular flexibility index (Phi) is 2.82. The summed E-state index contributed by atoms with van der Waals surface area (Å²) in [6.45, 7) is 1.66. The summed E-state index contributed by atoms with van der Waals surface area (Å²) in [5.74, 6) is -0.201. The zero-order valence-electron chi connectivity index (χ0n) is 7.73. The highest BCUT2D eigenvalue weighted by molar-refractivity contribution is 5.26. The molecule has 14 heavy (non-hydrogen) atoms. The summed E-state index contributed by atoms with van der Waals surface area (Å²) in [6, 6.07) is 1.28. The molecule has 4 N–H and O–H groups in total. The van der Waals surface area contributed by atoms with Gasteiger partial charge in [0.1, 0.15) is 5.69 Å². The molecule has 0 aliphatic rings. The van der Waals surface area contributed by atoms with Crippen LogP contribution in [0.5, 0.6) is 0 Å². The van der Waals surface area contributed by atoms with Crippen LogP contribution in [0.1, 0.15) is 12.6 Å². The number of aliphatic hydroxyl groups excluding tert-OH is 1. The van der Waals surface area contributed by atoms with Crippen molar-refractivity contribution in [3.8, 4) is 0 Å². The van der Waals surface area contributed by atoms with Gasteiger partial charge in [0, 0.05) is 12.0 Å². The number of H-pyrrole nitrogens is 1. The van der Waals surface area contributed by atoms with Gasteiger partial charge in [0.2, 0.25) is 0 Å². The second-order valence-electron chi connectivity index (χ2n) is 3.32. The van der Waals surface area contributed by atoms with E-state index in [-0.39, 0.29) is 19.0 Å². The highest BCUT2D eigenvalue weighted by Crippen LogP contribution is 2.22. The van der Waals surface area contributed by atoms with Crippen LogP contribution in [0, 0.1) is 10.1 Å². The molecule has 0 spiro atoms. The fourth-order valence-electron chi connectivity index (χ4n) is 0.964. The van der Waals surface area contributed by atoms with Crippen LogP contribution in [0.2, 0.25) is 0 Å². The Balaban J connectivity index is 3.01. The molecule has 0 saturated heterocycles. The Hall–Kier alpha value is -1.47. The standard InChI is InChI=1S/C7H12N4O3/c1-7(3-8,4-12)5-2-6(10-9-5)11(13)14/h2,12H,3-4,8H2,1H3,(H,9,10). The van der Waals surface area contributed by atoms with E-state index in [9.17, 15) is 10.1 Å². The van der Waals surface area contributed by atoms with Crippen molar-refractivity contribution in [3.63, 3.8) is 0 Å². The van der Waals surface area contributed by atoms with Crippen LogP contribution >= 0.6 is 0 Å². The quantitative estimate of drug-likeness (QED) is 0.448. The number of nitrogens with two attached hydrogens (primary N) is 1. The van der Waals surface area contributed by atoms with E-state index in [2.05, 4.69) is 10.2 Å². The fourth-order valence-corrected chi connectivity index (χ4v) is 0.964. The normalized spacial score (nSPS) is 15.1. The van der Waals surface area contributed by atoms with Gasteiger partial charge >= 0.3 is 5.82 Å². The van der Waals surface area contributed by atoms with Crippen molar-refractivity contribution >= 4 is 5.82 Å². The Bertz CT molecular complexity index is 331. The molecule has 1 aromatic rings. The van der Waals surface area contributed by atoms with Gasteiger partial charge in [0.05, 0.1) is 12.7 Å². The van der Waals surface area contributed by atoms with Crippen LogP contribution in [-0.2, 0) is 5.41 Å². The number of hydrogen-bond donors (Lipinski definition) is 3. The highest BCUT2D eigenvalue weighted by Gasteiger charge is 2.29. The zero-order valence-corrected chi connectivity index (χ0v) is 7.73. The first-order valence-electron chi connectivity index (χ1n) is 4.04. The van der Waals surface area contributed by atoms with Gasteiger partial charge in [-0.25, -0.2) is 0 Å². The molecule has 0 radical (unpaired) electrons. The molecule has 78 valence electrons. The first-order chi connectivity index (χ1) is 6.53. The molecule has 0 amide bonds. The number of aromatic nitrogens is 2. The van der Waals surface area contributed by atoms with Crippen molar-refractivity contribution in [2.24, 2.45) is 5.73 Å². The minimum Gasteiger partial charge on any atom is -0.395 e. The number of nitro groups is 1. The Morgan fingerprint density at radius 2 is 2.50 bits per heavy atom. The van der Waals surface area contributed by atoms with E-state index in [4.69, 9.17) is 10.8 Å². The fraction of sp³-hybridized carbons (Fsp3) is 0.571. The maximum atomic E-state index is 10.4. The van der Waals surface area contributed by atoms with Crippen LogP contribution in [0.4, 0.5) is 5.82 Å². The summed E-state index contributed by atoms with van der Waals surface area (Å²) in [5.41, 5.74) is 5.12. The van der Waals surface area contributed by atoms with E-state index >= 15 is 0 Å². The second kappa shape index (κ2) is 3.72. The third-order valence-corrected chi connectivity index (χ3v) is 2.18. The molecule has 7 nitrogen and oxygen atoms in total. The molecular weight excluding hydrogens is 188 g/mol.